The van der Waals surface area contributed by atoms with Gasteiger partial charge in [0.2, 0.25) is 0 Å². The largest absolute Gasteiger partial charge is 0.385 e. The van der Waals surface area contributed by atoms with Gasteiger partial charge < -0.3 is 14.5 Å². The van der Waals surface area contributed by atoms with Crippen LogP contribution in [0, 0.1) is 0 Å². The van der Waals surface area contributed by atoms with Crippen molar-refractivity contribution in [1.29, 1.82) is 0 Å². The average molecular weight is 266 g/mol. The highest BCUT2D eigenvalue weighted by Gasteiger charge is 2.07. The minimum Gasteiger partial charge on any atom is -0.385 e. The smallest absolute Gasteiger partial charge is 0.169 e. The zero-order valence-corrected chi connectivity index (χ0v) is 11.5. The van der Waals surface area contributed by atoms with E-state index >= 15 is 0 Å². The molecule has 98 valence electrons. The first-order chi connectivity index (χ1) is 8.85. The van der Waals surface area contributed by atoms with E-state index in [1.54, 1.807) is 25.1 Å². The molecular formula is C12H18N4OS. The molecule has 2 aromatic rings. The molecule has 1 N–H and O–H groups in total. The van der Waals surface area contributed by atoms with Gasteiger partial charge in [-0.15, -0.1) is 11.8 Å². The number of anilines is 1. The van der Waals surface area contributed by atoms with Gasteiger partial charge in [0.15, 0.2) is 5.65 Å². The molecule has 2 rings (SSSR count). The second-order valence-electron chi connectivity index (χ2n) is 3.81. The zero-order chi connectivity index (χ0) is 12.8. The highest BCUT2D eigenvalue weighted by atomic mass is 32.2. The van der Waals surface area contributed by atoms with Crippen LogP contribution in [0.1, 0.15) is 13.3 Å². The Morgan fingerprint density at radius 1 is 1.50 bits per heavy atom. The maximum absolute atomic E-state index is 5.05. The van der Waals surface area contributed by atoms with Crippen LogP contribution in [-0.4, -0.2) is 40.4 Å². The van der Waals surface area contributed by atoms with E-state index in [9.17, 15) is 0 Å². The fraction of sp³-hybridized carbons (Fsp3) is 0.500. The summed E-state index contributed by atoms with van der Waals surface area (Å²) in [4.78, 5) is 8.93. The van der Waals surface area contributed by atoms with Gasteiger partial charge in [0.1, 0.15) is 10.8 Å². The summed E-state index contributed by atoms with van der Waals surface area (Å²) in [7, 11) is 1.72. The summed E-state index contributed by atoms with van der Waals surface area (Å²) in [6.07, 6.45) is 6.72. The number of rotatable bonds is 7. The Bertz CT molecular complexity index is 500. The number of thioether (sulfide) groups is 1. The first kappa shape index (κ1) is 13.2. The summed E-state index contributed by atoms with van der Waals surface area (Å²) >= 11 is 1.72. The lowest BCUT2D eigenvalue weighted by Gasteiger charge is -2.07. The monoisotopic (exact) mass is 266 g/mol. The minimum absolute atomic E-state index is 0.782. The maximum Gasteiger partial charge on any atom is 0.169 e. The van der Waals surface area contributed by atoms with Crippen molar-refractivity contribution < 1.29 is 4.74 Å². The molecule has 0 atom stereocenters. The van der Waals surface area contributed by atoms with Gasteiger partial charge in [-0.1, -0.05) is 0 Å². The van der Waals surface area contributed by atoms with Crippen LogP contribution in [0.25, 0.3) is 5.65 Å². The Morgan fingerprint density at radius 3 is 3.17 bits per heavy atom. The SMILES string of the molecule is CCNc1cn2ccnc2c(SCCCOC)n1. The van der Waals surface area contributed by atoms with Gasteiger partial charge in [0.05, 0.1) is 6.20 Å². The lowest BCUT2D eigenvalue weighted by molar-refractivity contribution is 0.200. The molecule has 6 heteroatoms. The van der Waals surface area contributed by atoms with Gasteiger partial charge in [0.25, 0.3) is 0 Å². The number of hydrogen-bond acceptors (Lipinski definition) is 5. The number of methoxy groups -OCH3 is 1. The van der Waals surface area contributed by atoms with Crippen molar-refractivity contribution in [1.82, 2.24) is 14.4 Å². The predicted molar refractivity (Wildman–Crippen MR) is 74.4 cm³/mol. The number of hydrogen-bond donors (Lipinski definition) is 1. The van der Waals surface area contributed by atoms with Gasteiger partial charge in [-0.05, 0) is 13.3 Å². The number of nitrogens with zero attached hydrogens (tertiary/aromatic N) is 3. The van der Waals surface area contributed by atoms with Crippen molar-refractivity contribution in [3.05, 3.63) is 18.6 Å². The summed E-state index contributed by atoms with van der Waals surface area (Å²) in [6, 6.07) is 0. The summed E-state index contributed by atoms with van der Waals surface area (Å²) in [5, 5.41) is 4.20. The summed E-state index contributed by atoms with van der Waals surface area (Å²) in [5.74, 6) is 1.87. The second-order valence-corrected chi connectivity index (χ2v) is 4.90. The van der Waals surface area contributed by atoms with Crippen LogP contribution in [0.4, 0.5) is 5.82 Å². The summed E-state index contributed by atoms with van der Waals surface area (Å²) in [6.45, 7) is 3.71. The van der Waals surface area contributed by atoms with Crippen LogP contribution in [0.5, 0.6) is 0 Å². The van der Waals surface area contributed by atoms with Crippen LogP contribution in [0.15, 0.2) is 23.6 Å². The Hall–Kier alpha value is -1.27. The highest BCUT2D eigenvalue weighted by molar-refractivity contribution is 7.99. The molecule has 0 saturated heterocycles. The number of nitrogens with one attached hydrogen (secondary N) is 1. The van der Waals surface area contributed by atoms with Crippen LogP contribution >= 0.6 is 11.8 Å². The van der Waals surface area contributed by atoms with Crippen LogP contribution in [0.3, 0.4) is 0 Å². The lowest BCUT2D eigenvalue weighted by atomic mass is 10.5. The van der Waals surface area contributed by atoms with E-state index in [-0.39, 0.29) is 0 Å². The topological polar surface area (TPSA) is 51.5 Å². The Morgan fingerprint density at radius 2 is 2.39 bits per heavy atom. The predicted octanol–water partition coefficient (Wildman–Crippen LogP) is 2.29. The highest BCUT2D eigenvalue weighted by Crippen LogP contribution is 2.23. The number of ether oxygens (including phenoxy) is 1. The number of fused-ring (bicyclic) bond motifs is 1. The van der Waals surface area contributed by atoms with Crippen LogP contribution in [-0.2, 0) is 4.74 Å². The molecule has 18 heavy (non-hydrogen) atoms. The van der Waals surface area contributed by atoms with Crippen molar-refractivity contribution in [2.45, 2.75) is 18.4 Å². The third kappa shape index (κ3) is 3.14. The molecule has 0 saturated carbocycles. The normalized spacial score (nSPS) is 11.0. The second kappa shape index (κ2) is 6.61. The number of imidazole rings is 1. The van der Waals surface area contributed by atoms with E-state index in [4.69, 9.17) is 4.74 Å². The molecule has 2 heterocycles. The van der Waals surface area contributed by atoms with E-state index < -0.39 is 0 Å². The molecular weight excluding hydrogens is 248 g/mol. The molecule has 0 aromatic carbocycles. The van der Waals surface area contributed by atoms with Crippen molar-refractivity contribution in [2.75, 3.05) is 31.3 Å². The first-order valence-electron chi connectivity index (χ1n) is 6.04. The molecule has 0 fully saturated rings. The molecule has 0 bridgehead atoms. The van der Waals surface area contributed by atoms with E-state index in [2.05, 4.69) is 22.2 Å². The fourth-order valence-electron chi connectivity index (χ4n) is 1.64. The van der Waals surface area contributed by atoms with Gasteiger partial charge in [0, 0.05) is 38.4 Å². The fourth-order valence-corrected chi connectivity index (χ4v) is 2.54. The summed E-state index contributed by atoms with van der Waals surface area (Å²) in [5.41, 5.74) is 0.916. The van der Waals surface area contributed by atoms with Crippen molar-refractivity contribution in [3.63, 3.8) is 0 Å². The summed E-state index contributed by atoms with van der Waals surface area (Å²) < 4.78 is 7.05. The Kier molecular flexibility index (Phi) is 4.83. The quantitative estimate of drug-likeness (QED) is 0.615. The van der Waals surface area contributed by atoms with E-state index in [1.165, 1.54) is 0 Å². The molecule has 0 unspecified atom stereocenters. The van der Waals surface area contributed by atoms with Crippen LogP contribution in [0.2, 0.25) is 0 Å². The first-order valence-corrected chi connectivity index (χ1v) is 7.03. The third-order valence-electron chi connectivity index (χ3n) is 2.43. The van der Waals surface area contributed by atoms with Gasteiger partial charge in [-0.2, -0.15) is 0 Å². The van der Waals surface area contributed by atoms with Gasteiger partial charge in [-0.3, -0.25) is 0 Å². The van der Waals surface area contributed by atoms with Crippen molar-refractivity contribution in [2.24, 2.45) is 0 Å². The maximum atomic E-state index is 5.05. The standard InChI is InChI=1S/C12H18N4OS/c1-3-13-10-9-16-6-5-14-11(16)12(15-10)18-8-4-7-17-2/h5-6,9,13H,3-4,7-8H2,1-2H3. The van der Waals surface area contributed by atoms with Crippen LogP contribution < -0.4 is 5.32 Å². The van der Waals surface area contributed by atoms with E-state index in [0.29, 0.717) is 0 Å². The molecule has 0 amide bonds. The minimum atomic E-state index is 0.782. The Balaban J connectivity index is 2.15. The molecule has 0 aliphatic heterocycles. The van der Waals surface area contributed by atoms with Gasteiger partial charge in [-0.25, -0.2) is 9.97 Å². The zero-order valence-electron chi connectivity index (χ0n) is 10.7. The molecule has 5 nitrogen and oxygen atoms in total. The molecule has 2 aromatic heterocycles. The number of aromatic nitrogens is 3. The molecule has 0 aliphatic carbocycles. The Labute approximate surface area is 111 Å². The van der Waals surface area contributed by atoms with Crippen molar-refractivity contribution in [3.8, 4) is 0 Å². The van der Waals surface area contributed by atoms with Crippen molar-refractivity contribution >= 4 is 23.2 Å². The molecule has 0 radical (unpaired) electrons. The van der Waals surface area contributed by atoms with Gasteiger partial charge >= 0.3 is 0 Å². The lowest BCUT2D eigenvalue weighted by Crippen LogP contribution is -2.03. The average Bonchev–Trinajstić information content (AvgIpc) is 2.83. The van der Waals surface area contributed by atoms with E-state index in [1.807, 2.05) is 16.8 Å². The third-order valence-corrected chi connectivity index (χ3v) is 3.47. The molecule has 0 spiro atoms. The van der Waals surface area contributed by atoms with E-state index in [0.717, 1.165) is 41.8 Å². The molecule has 0 aliphatic rings.